The summed E-state index contributed by atoms with van der Waals surface area (Å²) in [4.78, 5) is 17.5. The van der Waals surface area contributed by atoms with Crippen LogP contribution in [-0.4, -0.2) is 41.5 Å². The van der Waals surface area contributed by atoms with Gasteiger partial charge < -0.3 is 9.88 Å². The molecule has 0 bridgehead atoms. The molecule has 1 aromatic heterocycles. The van der Waals surface area contributed by atoms with E-state index in [0.717, 1.165) is 5.69 Å². The Morgan fingerprint density at radius 3 is 2.64 bits per heavy atom. The lowest BCUT2D eigenvalue weighted by Gasteiger charge is -2.22. The first-order valence-electron chi connectivity index (χ1n) is 4.42. The molecule has 0 aromatic carbocycles. The van der Waals surface area contributed by atoms with Crippen molar-refractivity contribution in [3.05, 3.63) is 18.2 Å². The van der Waals surface area contributed by atoms with Crippen molar-refractivity contribution in [1.29, 1.82) is 0 Å². The number of hydrogen-bond acceptors (Lipinski definition) is 3. The van der Waals surface area contributed by atoms with E-state index in [9.17, 15) is 4.79 Å². The minimum atomic E-state index is -0.285. The van der Waals surface area contributed by atoms with Gasteiger partial charge in [0, 0.05) is 14.1 Å². The second kappa shape index (κ2) is 4.23. The molecule has 78 valence electrons. The molecule has 0 saturated carbocycles. The van der Waals surface area contributed by atoms with E-state index in [2.05, 4.69) is 10.3 Å². The summed E-state index contributed by atoms with van der Waals surface area (Å²) in [6.07, 6.45) is 3.40. The highest BCUT2D eigenvalue weighted by Crippen LogP contribution is 2.16. The number of aromatic nitrogens is 2. The molecule has 1 unspecified atom stereocenters. The summed E-state index contributed by atoms with van der Waals surface area (Å²) in [7, 11) is 7.25. The third-order valence-electron chi connectivity index (χ3n) is 2.15. The van der Waals surface area contributed by atoms with E-state index in [-0.39, 0.29) is 11.9 Å². The summed E-state index contributed by atoms with van der Waals surface area (Å²) in [5, 5.41) is 2.64. The van der Waals surface area contributed by atoms with E-state index >= 15 is 0 Å². The first kappa shape index (κ1) is 10.7. The van der Waals surface area contributed by atoms with E-state index in [0.29, 0.717) is 0 Å². The van der Waals surface area contributed by atoms with Gasteiger partial charge in [-0.15, -0.1) is 0 Å². The molecule has 14 heavy (non-hydrogen) atoms. The molecular formula is C9H16N4O. The van der Waals surface area contributed by atoms with Crippen LogP contribution < -0.4 is 5.32 Å². The SMILES string of the molecule is CNC(=O)C(c1cncn1C)N(C)C. The van der Waals surface area contributed by atoms with Crippen LogP contribution in [0.25, 0.3) is 0 Å². The second-order valence-corrected chi connectivity index (χ2v) is 3.41. The van der Waals surface area contributed by atoms with E-state index in [4.69, 9.17) is 0 Å². The molecule has 1 amide bonds. The fourth-order valence-corrected chi connectivity index (χ4v) is 1.40. The minimum Gasteiger partial charge on any atom is -0.357 e. The van der Waals surface area contributed by atoms with Crippen LogP contribution in [0.4, 0.5) is 0 Å². The van der Waals surface area contributed by atoms with Crippen molar-refractivity contribution in [3.63, 3.8) is 0 Å². The Hall–Kier alpha value is -1.36. The van der Waals surface area contributed by atoms with Crippen LogP contribution in [0, 0.1) is 0 Å². The van der Waals surface area contributed by atoms with Gasteiger partial charge in [-0.2, -0.15) is 0 Å². The third kappa shape index (κ3) is 1.93. The summed E-state index contributed by atoms with van der Waals surface area (Å²) in [6, 6.07) is -0.285. The van der Waals surface area contributed by atoms with Crippen LogP contribution in [0.1, 0.15) is 11.7 Å². The molecule has 5 heteroatoms. The van der Waals surface area contributed by atoms with Gasteiger partial charge in [-0.1, -0.05) is 0 Å². The van der Waals surface area contributed by atoms with Gasteiger partial charge >= 0.3 is 0 Å². The quantitative estimate of drug-likeness (QED) is 0.726. The molecule has 0 fully saturated rings. The third-order valence-corrected chi connectivity index (χ3v) is 2.15. The maximum Gasteiger partial charge on any atom is 0.243 e. The fraction of sp³-hybridized carbons (Fsp3) is 0.556. The highest BCUT2D eigenvalue weighted by molar-refractivity contribution is 5.82. The number of aryl methyl sites for hydroxylation is 1. The number of likely N-dealkylation sites (N-methyl/N-ethyl adjacent to an activating group) is 2. The highest BCUT2D eigenvalue weighted by Gasteiger charge is 2.24. The van der Waals surface area contributed by atoms with Crippen LogP contribution in [-0.2, 0) is 11.8 Å². The molecule has 1 atom stereocenters. The van der Waals surface area contributed by atoms with Gasteiger partial charge in [0.15, 0.2) is 0 Å². The van der Waals surface area contributed by atoms with Gasteiger partial charge in [0.2, 0.25) is 5.91 Å². The minimum absolute atomic E-state index is 0.0291. The van der Waals surface area contributed by atoms with Crippen molar-refractivity contribution in [3.8, 4) is 0 Å². The predicted octanol–water partition coefficient (Wildman–Crippen LogP) is -0.231. The normalized spacial score (nSPS) is 12.9. The molecule has 0 aliphatic carbocycles. The lowest BCUT2D eigenvalue weighted by atomic mass is 10.2. The Kier molecular flexibility index (Phi) is 3.24. The maximum absolute atomic E-state index is 11.6. The smallest absolute Gasteiger partial charge is 0.243 e. The summed E-state index contributed by atoms with van der Waals surface area (Å²) >= 11 is 0. The number of amides is 1. The average molecular weight is 196 g/mol. The average Bonchev–Trinajstić information content (AvgIpc) is 2.52. The van der Waals surface area contributed by atoms with Crippen LogP contribution in [0.2, 0.25) is 0 Å². The zero-order chi connectivity index (χ0) is 10.7. The van der Waals surface area contributed by atoms with Crippen molar-refractivity contribution < 1.29 is 4.79 Å². The molecule has 0 radical (unpaired) electrons. The largest absolute Gasteiger partial charge is 0.357 e. The van der Waals surface area contributed by atoms with E-state index in [1.54, 1.807) is 19.6 Å². The lowest BCUT2D eigenvalue weighted by molar-refractivity contribution is -0.125. The molecule has 0 spiro atoms. The molecule has 5 nitrogen and oxygen atoms in total. The number of nitrogens with one attached hydrogen (secondary N) is 1. The van der Waals surface area contributed by atoms with Crippen LogP contribution in [0.3, 0.4) is 0 Å². The van der Waals surface area contributed by atoms with Crippen molar-refractivity contribution in [2.24, 2.45) is 7.05 Å². The molecule has 0 aliphatic heterocycles. The van der Waals surface area contributed by atoms with Gasteiger partial charge in [-0.3, -0.25) is 9.69 Å². The van der Waals surface area contributed by atoms with Crippen molar-refractivity contribution in [1.82, 2.24) is 19.8 Å². The molecule has 1 N–H and O–H groups in total. The van der Waals surface area contributed by atoms with Gasteiger partial charge in [0.25, 0.3) is 0 Å². The molecule has 1 aromatic rings. The topological polar surface area (TPSA) is 50.2 Å². The van der Waals surface area contributed by atoms with Crippen LogP contribution in [0.5, 0.6) is 0 Å². The summed E-state index contributed by atoms with van der Waals surface area (Å²) < 4.78 is 1.85. The van der Waals surface area contributed by atoms with Crippen LogP contribution >= 0.6 is 0 Å². The zero-order valence-corrected chi connectivity index (χ0v) is 8.98. The first-order valence-corrected chi connectivity index (χ1v) is 4.42. The molecule has 1 heterocycles. The van der Waals surface area contributed by atoms with Crippen molar-refractivity contribution in [2.75, 3.05) is 21.1 Å². The highest BCUT2D eigenvalue weighted by atomic mass is 16.2. The summed E-state index contributed by atoms with van der Waals surface area (Å²) in [5.74, 6) is -0.0291. The molecule has 1 rings (SSSR count). The van der Waals surface area contributed by atoms with E-state index in [1.165, 1.54) is 0 Å². The number of rotatable bonds is 3. The summed E-state index contributed by atoms with van der Waals surface area (Å²) in [5.41, 5.74) is 0.884. The van der Waals surface area contributed by atoms with Gasteiger partial charge in [-0.05, 0) is 14.1 Å². The maximum atomic E-state index is 11.6. The van der Waals surface area contributed by atoms with E-state index in [1.807, 2.05) is 30.6 Å². The predicted molar refractivity (Wildman–Crippen MR) is 53.7 cm³/mol. The monoisotopic (exact) mass is 196 g/mol. The van der Waals surface area contributed by atoms with Crippen LogP contribution in [0.15, 0.2) is 12.5 Å². The Morgan fingerprint density at radius 2 is 2.29 bits per heavy atom. The van der Waals surface area contributed by atoms with Gasteiger partial charge in [0.1, 0.15) is 6.04 Å². The van der Waals surface area contributed by atoms with Gasteiger partial charge in [-0.25, -0.2) is 4.98 Å². The van der Waals surface area contributed by atoms with Crippen molar-refractivity contribution in [2.45, 2.75) is 6.04 Å². The molecular weight excluding hydrogens is 180 g/mol. The Labute approximate surface area is 83.7 Å². The Balaban J connectivity index is 3.00. The Bertz CT molecular complexity index is 318. The number of hydrogen-bond donors (Lipinski definition) is 1. The lowest BCUT2D eigenvalue weighted by Crippen LogP contribution is -2.36. The Morgan fingerprint density at radius 1 is 1.64 bits per heavy atom. The molecule has 0 saturated heterocycles. The van der Waals surface area contributed by atoms with Crippen molar-refractivity contribution >= 4 is 5.91 Å². The second-order valence-electron chi connectivity index (χ2n) is 3.41. The number of imidazole rings is 1. The van der Waals surface area contributed by atoms with Gasteiger partial charge in [0.05, 0.1) is 18.2 Å². The zero-order valence-electron chi connectivity index (χ0n) is 8.98. The molecule has 0 aliphatic rings. The standard InChI is InChI=1S/C9H16N4O/c1-10-9(14)8(12(2)3)7-5-11-6-13(7)4/h5-6,8H,1-4H3,(H,10,14). The first-order chi connectivity index (χ1) is 6.57. The number of carbonyl (C=O) groups is 1. The van der Waals surface area contributed by atoms with E-state index < -0.39 is 0 Å². The number of nitrogens with zero attached hydrogens (tertiary/aromatic N) is 3. The summed E-state index contributed by atoms with van der Waals surface area (Å²) in [6.45, 7) is 0. The fourth-order valence-electron chi connectivity index (χ4n) is 1.40. The number of carbonyl (C=O) groups excluding carboxylic acids is 1.